The molecule has 3 aromatic carbocycles. The maximum Gasteiger partial charge on any atom is 0.300 e. The number of carbonyl (C=O) groups excluding carboxylic acids is 2. The van der Waals surface area contributed by atoms with Gasteiger partial charge in [0, 0.05) is 17.7 Å². The number of ether oxygens (including phenoxy) is 2. The van der Waals surface area contributed by atoms with E-state index in [1.54, 1.807) is 30.3 Å². The fraction of sp³-hybridized carbons (Fsp3) is 0.185. The minimum atomic E-state index is -0.824. The second-order valence-corrected chi connectivity index (χ2v) is 8.67. The molecule has 3 aromatic rings. The van der Waals surface area contributed by atoms with Crippen LogP contribution in [0.2, 0.25) is 5.02 Å². The number of aliphatic hydroxyl groups excluding tert-OH is 1. The minimum absolute atomic E-state index is 0.0325. The van der Waals surface area contributed by atoms with Crippen molar-refractivity contribution >= 4 is 34.7 Å². The molecule has 0 aliphatic carbocycles. The fourth-order valence-corrected chi connectivity index (χ4v) is 4.83. The molecule has 6 nitrogen and oxygen atoms in total. The molecule has 2 aliphatic rings. The van der Waals surface area contributed by atoms with E-state index in [9.17, 15) is 14.7 Å². The van der Waals surface area contributed by atoms with Gasteiger partial charge in [-0.15, -0.1) is 0 Å². The predicted molar refractivity (Wildman–Crippen MR) is 130 cm³/mol. The molecule has 7 heteroatoms. The van der Waals surface area contributed by atoms with Gasteiger partial charge in [-0.3, -0.25) is 14.5 Å². The van der Waals surface area contributed by atoms with Crippen LogP contribution in [-0.2, 0) is 16.0 Å². The largest absolute Gasteiger partial charge is 0.507 e. The summed E-state index contributed by atoms with van der Waals surface area (Å²) in [6.07, 6.45) is 0.719. The highest BCUT2D eigenvalue weighted by Crippen LogP contribution is 2.44. The molecule has 2 heterocycles. The molecule has 0 spiro atoms. The van der Waals surface area contributed by atoms with Crippen molar-refractivity contribution in [3.8, 4) is 11.5 Å². The lowest BCUT2D eigenvalue weighted by atomic mass is 9.92. The third-order valence-corrected chi connectivity index (χ3v) is 6.60. The number of ketones is 1. The Morgan fingerprint density at radius 2 is 1.91 bits per heavy atom. The second kappa shape index (κ2) is 8.54. The van der Waals surface area contributed by atoms with E-state index in [4.69, 9.17) is 21.1 Å². The summed E-state index contributed by atoms with van der Waals surface area (Å²) in [7, 11) is 1.50. The van der Waals surface area contributed by atoms with Crippen LogP contribution in [0.5, 0.6) is 11.5 Å². The Hall–Kier alpha value is -3.77. The molecule has 172 valence electrons. The number of nitrogens with zero attached hydrogens (tertiary/aromatic N) is 1. The van der Waals surface area contributed by atoms with Crippen molar-refractivity contribution in [3.63, 3.8) is 0 Å². The third kappa shape index (κ3) is 3.51. The van der Waals surface area contributed by atoms with Crippen molar-refractivity contribution in [2.24, 2.45) is 0 Å². The monoisotopic (exact) mass is 475 g/mol. The fourth-order valence-electron chi connectivity index (χ4n) is 4.58. The van der Waals surface area contributed by atoms with Gasteiger partial charge in [-0.25, -0.2) is 0 Å². The van der Waals surface area contributed by atoms with E-state index in [1.807, 2.05) is 37.3 Å². The van der Waals surface area contributed by atoms with E-state index in [0.717, 1.165) is 28.9 Å². The first-order valence-electron chi connectivity index (χ1n) is 10.9. The zero-order valence-corrected chi connectivity index (χ0v) is 19.4. The van der Waals surface area contributed by atoms with Crippen LogP contribution < -0.4 is 14.4 Å². The van der Waals surface area contributed by atoms with Gasteiger partial charge in [0.2, 0.25) is 0 Å². The maximum absolute atomic E-state index is 13.3. The summed E-state index contributed by atoms with van der Waals surface area (Å²) in [6.45, 7) is 2.48. The number of carbonyl (C=O) groups is 2. The van der Waals surface area contributed by atoms with Gasteiger partial charge >= 0.3 is 0 Å². The van der Waals surface area contributed by atoms with Crippen LogP contribution in [0.4, 0.5) is 5.69 Å². The molecule has 1 atom stereocenters. The zero-order valence-electron chi connectivity index (χ0n) is 18.7. The molecule has 0 bridgehead atoms. The molecular weight excluding hydrogens is 454 g/mol. The first-order chi connectivity index (χ1) is 16.4. The lowest BCUT2D eigenvalue weighted by Gasteiger charge is -2.27. The SMILES string of the molecule is COc1ccc(N2C(=O)C(=O)/C(=C(/O)c3ccc4c(c3)CCO4)C2c2ccccc2C)cc1Cl. The summed E-state index contributed by atoms with van der Waals surface area (Å²) in [6, 6.07) is 16.9. The maximum atomic E-state index is 13.3. The number of rotatable bonds is 4. The van der Waals surface area contributed by atoms with Crippen LogP contribution in [0.3, 0.4) is 0 Å². The topological polar surface area (TPSA) is 76.1 Å². The van der Waals surface area contributed by atoms with Crippen molar-refractivity contribution in [1.82, 2.24) is 0 Å². The van der Waals surface area contributed by atoms with Crippen molar-refractivity contribution in [3.05, 3.63) is 93.5 Å². The molecule has 5 rings (SSSR count). The normalized spacial score (nSPS) is 18.7. The number of aryl methyl sites for hydroxylation is 1. The molecule has 1 N–H and O–H groups in total. The molecule has 0 saturated carbocycles. The smallest absolute Gasteiger partial charge is 0.300 e. The molecule has 2 aliphatic heterocycles. The Labute approximate surface area is 202 Å². The van der Waals surface area contributed by atoms with E-state index in [-0.39, 0.29) is 11.3 Å². The van der Waals surface area contributed by atoms with Gasteiger partial charge in [0.15, 0.2) is 0 Å². The lowest BCUT2D eigenvalue weighted by Crippen LogP contribution is -2.29. The molecule has 34 heavy (non-hydrogen) atoms. The van der Waals surface area contributed by atoms with Crippen molar-refractivity contribution in [2.45, 2.75) is 19.4 Å². The molecule has 1 saturated heterocycles. The van der Waals surface area contributed by atoms with E-state index < -0.39 is 17.7 Å². The Kier molecular flexibility index (Phi) is 5.54. The van der Waals surface area contributed by atoms with E-state index in [0.29, 0.717) is 28.6 Å². The number of Topliss-reactive ketones (excluding diaryl/α,β-unsaturated/α-hetero) is 1. The van der Waals surface area contributed by atoms with Crippen molar-refractivity contribution in [1.29, 1.82) is 0 Å². The summed E-state index contributed by atoms with van der Waals surface area (Å²) >= 11 is 6.34. The van der Waals surface area contributed by atoms with E-state index >= 15 is 0 Å². The molecular formula is C27H22ClNO5. The first kappa shape index (κ1) is 22.0. The van der Waals surface area contributed by atoms with Crippen LogP contribution in [0.25, 0.3) is 5.76 Å². The van der Waals surface area contributed by atoms with Gasteiger partial charge in [-0.2, -0.15) is 0 Å². The first-order valence-corrected chi connectivity index (χ1v) is 11.2. The summed E-state index contributed by atoms with van der Waals surface area (Å²) in [5.41, 5.74) is 3.50. The zero-order chi connectivity index (χ0) is 24.0. The highest BCUT2D eigenvalue weighted by atomic mass is 35.5. The lowest BCUT2D eigenvalue weighted by molar-refractivity contribution is -0.132. The van der Waals surface area contributed by atoms with Gasteiger partial charge in [-0.05, 0) is 60.0 Å². The summed E-state index contributed by atoms with van der Waals surface area (Å²) in [5, 5.41) is 11.7. The van der Waals surface area contributed by atoms with Gasteiger partial charge in [0.25, 0.3) is 11.7 Å². The van der Waals surface area contributed by atoms with Crippen LogP contribution in [0, 0.1) is 6.92 Å². The van der Waals surface area contributed by atoms with Crippen LogP contribution in [0.1, 0.15) is 28.3 Å². The van der Waals surface area contributed by atoms with Crippen LogP contribution >= 0.6 is 11.6 Å². The standard InChI is InChI=1S/C27H22ClNO5/c1-15-5-3-4-6-19(15)24-23(25(30)17-7-9-21-16(13-17)11-12-34-21)26(31)27(32)29(24)18-8-10-22(33-2)20(28)14-18/h3-10,13-14,24,30H,11-12H2,1-2H3/b25-23+. The highest BCUT2D eigenvalue weighted by molar-refractivity contribution is 6.52. The minimum Gasteiger partial charge on any atom is -0.507 e. The molecule has 1 fully saturated rings. The molecule has 0 radical (unpaired) electrons. The average molecular weight is 476 g/mol. The summed E-state index contributed by atoms with van der Waals surface area (Å²) in [4.78, 5) is 28.1. The van der Waals surface area contributed by atoms with Gasteiger partial charge < -0.3 is 14.6 Å². The van der Waals surface area contributed by atoms with Crippen molar-refractivity contribution < 1.29 is 24.2 Å². The number of fused-ring (bicyclic) bond motifs is 1. The van der Waals surface area contributed by atoms with Crippen LogP contribution in [-0.4, -0.2) is 30.5 Å². The summed E-state index contributed by atoms with van der Waals surface area (Å²) in [5.74, 6) is -0.492. The number of anilines is 1. The van der Waals surface area contributed by atoms with Crippen LogP contribution in [0.15, 0.2) is 66.2 Å². The average Bonchev–Trinajstić information content (AvgIpc) is 3.41. The molecule has 1 unspecified atom stereocenters. The van der Waals surface area contributed by atoms with E-state index in [2.05, 4.69) is 0 Å². The molecule has 1 amide bonds. The number of halogens is 1. The number of aliphatic hydroxyl groups is 1. The Balaban J connectivity index is 1.72. The summed E-state index contributed by atoms with van der Waals surface area (Å²) < 4.78 is 10.8. The second-order valence-electron chi connectivity index (χ2n) is 8.27. The number of hydrogen-bond donors (Lipinski definition) is 1. The quantitative estimate of drug-likeness (QED) is 0.318. The number of methoxy groups -OCH3 is 1. The van der Waals surface area contributed by atoms with Gasteiger partial charge in [-0.1, -0.05) is 35.9 Å². The Morgan fingerprint density at radius 3 is 2.65 bits per heavy atom. The Bertz CT molecular complexity index is 1360. The third-order valence-electron chi connectivity index (χ3n) is 6.30. The predicted octanol–water partition coefficient (Wildman–Crippen LogP) is 5.22. The van der Waals surface area contributed by atoms with Crippen molar-refractivity contribution in [2.75, 3.05) is 18.6 Å². The number of amides is 1. The number of hydrogen-bond acceptors (Lipinski definition) is 5. The van der Waals surface area contributed by atoms with Gasteiger partial charge in [0.05, 0.1) is 30.4 Å². The van der Waals surface area contributed by atoms with Gasteiger partial charge in [0.1, 0.15) is 17.3 Å². The molecule has 0 aromatic heterocycles. The van der Waals surface area contributed by atoms with E-state index in [1.165, 1.54) is 12.0 Å². The Morgan fingerprint density at radius 1 is 1.12 bits per heavy atom. The highest BCUT2D eigenvalue weighted by Gasteiger charge is 2.47. The number of benzene rings is 3.